The molecule has 0 aromatic rings. The fraction of sp³-hybridized carbons (Fsp3) is 0.931. The van der Waals surface area contributed by atoms with E-state index in [0.29, 0.717) is 51.3 Å². The predicted molar refractivity (Wildman–Crippen MR) is 270 cm³/mol. The molecular weight excluding hydrogens is 810 g/mol. The topological polar surface area (TPSA) is 60.4 Å². The Morgan fingerprint density at radius 1 is 0.754 bits per heavy atom. The van der Waals surface area contributed by atoms with Crippen molar-refractivity contribution in [3.8, 4) is 0 Å². The van der Waals surface area contributed by atoms with Crippen molar-refractivity contribution in [1.29, 1.82) is 0 Å². The zero-order valence-corrected chi connectivity index (χ0v) is 43.4. The second kappa shape index (κ2) is 29.4. The first-order valence-corrected chi connectivity index (χ1v) is 28.4. The number of likely N-dealkylation sites (tertiary alicyclic amines) is 1. The van der Waals surface area contributed by atoms with Gasteiger partial charge in [-0.05, 0) is 144 Å². The van der Waals surface area contributed by atoms with Gasteiger partial charge in [0, 0.05) is 25.1 Å². The van der Waals surface area contributed by atoms with E-state index in [9.17, 15) is 5.11 Å². The van der Waals surface area contributed by atoms with Crippen LogP contribution in [0.25, 0.3) is 0 Å². The number of fused-ring (bicyclic) bond motifs is 5. The van der Waals surface area contributed by atoms with Crippen LogP contribution >= 0.6 is 0 Å². The maximum atomic E-state index is 15.9. The minimum absolute atomic E-state index is 0.0116. The molecule has 5 rings (SSSR count). The lowest BCUT2D eigenvalue weighted by Gasteiger charge is -2.61. The molecule has 8 unspecified atom stereocenters. The number of nitrogens with zero attached hydrogens (tertiary/aromatic N) is 1. The van der Waals surface area contributed by atoms with Crippen molar-refractivity contribution >= 4 is 0 Å². The van der Waals surface area contributed by atoms with Crippen molar-refractivity contribution < 1.29 is 28.4 Å². The molecule has 4 aliphatic carbocycles. The zero-order valence-electron chi connectivity index (χ0n) is 43.4. The third-order valence-electron chi connectivity index (χ3n) is 17.8. The Bertz CT molecular complexity index is 1340. The molecule has 6 nitrogen and oxygen atoms in total. The summed E-state index contributed by atoms with van der Waals surface area (Å²) in [5, 5.41) is 12.6. The summed E-state index contributed by atoms with van der Waals surface area (Å²) in [6.45, 7) is 20.9. The minimum Gasteiger partial charge on any atom is -0.389 e. The lowest BCUT2D eigenvalue weighted by atomic mass is 9.45. The number of halogens is 1. The van der Waals surface area contributed by atoms with Gasteiger partial charge in [-0.25, -0.2) is 4.39 Å². The molecule has 1 aliphatic heterocycles. The number of alkyl halides is 1. The molecule has 1 N–H and O–H groups in total. The van der Waals surface area contributed by atoms with Crippen molar-refractivity contribution in [2.75, 3.05) is 59.3 Å². The Hall–Kier alpha value is -0.830. The Morgan fingerprint density at radius 2 is 1.48 bits per heavy atom. The van der Waals surface area contributed by atoms with E-state index in [1.165, 1.54) is 116 Å². The van der Waals surface area contributed by atoms with Gasteiger partial charge in [0.15, 0.2) is 0 Å². The van der Waals surface area contributed by atoms with Gasteiger partial charge in [0.2, 0.25) is 0 Å². The average Bonchev–Trinajstić information content (AvgIpc) is 3.85. The Balaban J connectivity index is 0.939. The van der Waals surface area contributed by atoms with Crippen LogP contribution in [0.3, 0.4) is 0 Å². The van der Waals surface area contributed by atoms with Gasteiger partial charge in [-0.2, -0.15) is 0 Å². The van der Waals surface area contributed by atoms with Gasteiger partial charge in [-0.1, -0.05) is 142 Å². The molecule has 5 aliphatic rings. The first-order chi connectivity index (χ1) is 31.5. The summed E-state index contributed by atoms with van der Waals surface area (Å²) >= 11 is 0. The number of aliphatic hydroxyl groups is 1. The van der Waals surface area contributed by atoms with Crippen molar-refractivity contribution in [3.05, 3.63) is 23.8 Å². The largest absolute Gasteiger partial charge is 0.389 e. The third kappa shape index (κ3) is 16.6. The molecule has 378 valence electrons. The molecule has 65 heavy (non-hydrogen) atoms. The standard InChI is InChI=1S/C58H104FNO5/c1-7-9-10-11-12-13-14-15-16-17-18-19-20-21-22-23-38-63-46-51(45-60-37-33-48(44-60)25-8-2)65-42-40-62-39-41-64-50-30-34-56(5)49(43-50)28-29-53-52(56)31-35-57(6)54(32-36-58(53,57)61)55(59)27-24-26-47(3)4/h15-16,28,47-48,50-55,61H,7-14,17-27,29-46H2,1-6H3/b16-15-/t48?,50?,51?,52-,53?,54+,55?,56?,57?,58?/m0/s1. The Labute approximate surface area is 400 Å². The van der Waals surface area contributed by atoms with Crippen LogP contribution < -0.4 is 0 Å². The Morgan fingerprint density at radius 3 is 2.22 bits per heavy atom. The minimum atomic E-state index is -0.796. The smallest absolute Gasteiger partial charge is 0.104 e. The maximum Gasteiger partial charge on any atom is 0.104 e. The predicted octanol–water partition coefficient (Wildman–Crippen LogP) is 14.8. The van der Waals surface area contributed by atoms with Crippen LogP contribution in [0, 0.1) is 40.4 Å². The SMILES string of the molecule is CCCCCCCC/C=C\CCCCCCCCOCC(CN1CCC(CCC)C1)OCCOCCOC1CCC2(C)C(=CCC3[C@@H]2CCC2(C)[C@@H](C(F)CCCC(C)C)CCC32O)C1. The fourth-order valence-corrected chi connectivity index (χ4v) is 13.8. The normalized spacial score (nSPS) is 31.3. The summed E-state index contributed by atoms with van der Waals surface area (Å²) in [6.07, 6.45) is 39.7. The van der Waals surface area contributed by atoms with Gasteiger partial charge in [-0.3, -0.25) is 0 Å². The molecule has 0 aromatic carbocycles. The van der Waals surface area contributed by atoms with E-state index in [2.05, 4.69) is 64.7 Å². The maximum absolute atomic E-state index is 15.9. The van der Waals surface area contributed by atoms with Gasteiger partial charge in [-0.15, -0.1) is 0 Å². The molecular formula is C58H104FNO5. The van der Waals surface area contributed by atoms with E-state index in [0.717, 1.165) is 89.7 Å². The van der Waals surface area contributed by atoms with E-state index >= 15 is 4.39 Å². The summed E-state index contributed by atoms with van der Waals surface area (Å²) in [5.41, 5.74) is 0.574. The molecule has 3 saturated carbocycles. The van der Waals surface area contributed by atoms with Gasteiger partial charge < -0.3 is 29.0 Å². The zero-order chi connectivity index (χ0) is 46.4. The monoisotopic (exact) mass is 914 g/mol. The second-order valence-electron chi connectivity index (χ2n) is 23.0. The molecule has 0 aromatic heterocycles. The summed E-state index contributed by atoms with van der Waals surface area (Å²) in [7, 11) is 0. The highest BCUT2D eigenvalue weighted by atomic mass is 19.1. The molecule has 1 saturated heterocycles. The highest BCUT2D eigenvalue weighted by Crippen LogP contribution is 2.68. The van der Waals surface area contributed by atoms with Gasteiger partial charge in [0.25, 0.3) is 0 Å². The summed E-state index contributed by atoms with van der Waals surface area (Å²) in [4.78, 5) is 2.60. The molecule has 0 radical (unpaired) electrons. The first kappa shape index (κ1) is 55.1. The van der Waals surface area contributed by atoms with E-state index in [1.54, 1.807) is 5.57 Å². The summed E-state index contributed by atoms with van der Waals surface area (Å²) in [6, 6.07) is 0. The summed E-state index contributed by atoms with van der Waals surface area (Å²) in [5.74, 6) is 2.13. The molecule has 4 fully saturated rings. The molecule has 0 spiro atoms. The van der Waals surface area contributed by atoms with Crippen LogP contribution in [0.2, 0.25) is 0 Å². The number of ether oxygens (including phenoxy) is 4. The van der Waals surface area contributed by atoms with Crippen LogP contribution in [0.4, 0.5) is 4.39 Å². The second-order valence-corrected chi connectivity index (χ2v) is 23.0. The highest BCUT2D eigenvalue weighted by molar-refractivity contribution is 5.28. The Kier molecular flexibility index (Phi) is 24.9. The first-order valence-electron chi connectivity index (χ1n) is 28.4. The molecule has 0 bridgehead atoms. The summed E-state index contributed by atoms with van der Waals surface area (Å²) < 4.78 is 41.1. The number of hydrogen-bond acceptors (Lipinski definition) is 6. The highest BCUT2D eigenvalue weighted by Gasteiger charge is 2.67. The van der Waals surface area contributed by atoms with Crippen molar-refractivity contribution in [1.82, 2.24) is 4.90 Å². The number of unbranched alkanes of at least 4 members (excludes halogenated alkanes) is 12. The van der Waals surface area contributed by atoms with Gasteiger partial charge in [0.1, 0.15) is 6.17 Å². The van der Waals surface area contributed by atoms with E-state index in [1.807, 2.05) is 0 Å². The van der Waals surface area contributed by atoms with Crippen LogP contribution in [0.1, 0.15) is 221 Å². The number of rotatable bonds is 35. The van der Waals surface area contributed by atoms with Crippen LogP contribution in [-0.4, -0.2) is 93.3 Å². The van der Waals surface area contributed by atoms with Gasteiger partial charge >= 0.3 is 0 Å². The van der Waals surface area contributed by atoms with E-state index < -0.39 is 11.8 Å². The lowest BCUT2D eigenvalue weighted by molar-refractivity contribution is -0.185. The number of allylic oxidation sites excluding steroid dienone is 3. The van der Waals surface area contributed by atoms with Crippen molar-refractivity contribution in [3.63, 3.8) is 0 Å². The van der Waals surface area contributed by atoms with Crippen LogP contribution in [-0.2, 0) is 18.9 Å². The molecule has 7 heteroatoms. The van der Waals surface area contributed by atoms with E-state index in [4.69, 9.17) is 18.9 Å². The molecule has 0 amide bonds. The fourth-order valence-electron chi connectivity index (χ4n) is 13.8. The quantitative estimate of drug-likeness (QED) is 0.0505. The third-order valence-corrected chi connectivity index (χ3v) is 17.8. The van der Waals surface area contributed by atoms with Crippen LogP contribution in [0.5, 0.6) is 0 Å². The number of hydrogen-bond donors (Lipinski definition) is 1. The average molecular weight is 914 g/mol. The van der Waals surface area contributed by atoms with Crippen molar-refractivity contribution in [2.45, 2.75) is 245 Å². The molecule has 1 heterocycles. The van der Waals surface area contributed by atoms with Crippen LogP contribution in [0.15, 0.2) is 23.8 Å². The van der Waals surface area contributed by atoms with E-state index in [-0.39, 0.29) is 34.9 Å². The lowest BCUT2D eigenvalue weighted by Crippen LogP contribution is -2.61. The van der Waals surface area contributed by atoms with Crippen molar-refractivity contribution in [2.24, 2.45) is 40.4 Å². The molecule has 10 atom stereocenters. The van der Waals surface area contributed by atoms with Gasteiger partial charge in [0.05, 0.1) is 50.8 Å².